The summed E-state index contributed by atoms with van der Waals surface area (Å²) in [6.45, 7) is 9.69. The lowest BCUT2D eigenvalue weighted by atomic mass is 9.95. The molecule has 0 spiro atoms. The van der Waals surface area contributed by atoms with E-state index in [0.717, 1.165) is 51.5 Å². The molecule has 3 atom stereocenters. The smallest absolute Gasteiger partial charge is 0.319 e. The number of alkyl halides is 3. The second kappa shape index (κ2) is 22.7. The number of fused-ring (bicyclic) bond motifs is 1. The predicted octanol–water partition coefficient (Wildman–Crippen LogP) is 11.1. The topological polar surface area (TPSA) is 107 Å². The van der Waals surface area contributed by atoms with Crippen LogP contribution in [0.4, 0.5) is 29.2 Å². The number of aromatic nitrogens is 4. The van der Waals surface area contributed by atoms with E-state index in [1.807, 2.05) is 97.9 Å². The molecule has 18 heteroatoms. The van der Waals surface area contributed by atoms with E-state index in [1.165, 1.54) is 4.90 Å². The van der Waals surface area contributed by atoms with Crippen LogP contribution in [0, 0.1) is 16.3 Å². The molecule has 0 N–H and O–H groups in total. The summed E-state index contributed by atoms with van der Waals surface area (Å²) in [5.41, 5.74) is 2.05. The van der Waals surface area contributed by atoms with Gasteiger partial charge in [0.15, 0.2) is 5.82 Å². The summed E-state index contributed by atoms with van der Waals surface area (Å²) in [5.74, 6) is 1.12. The minimum Gasteiger partial charge on any atom is -0.497 e. The average Bonchev–Trinajstić information content (AvgIpc) is 3.95. The summed E-state index contributed by atoms with van der Waals surface area (Å²) >= 11 is 2.16. The quantitative estimate of drug-likeness (QED) is 0.0437. The number of benzene rings is 4. The number of hydrogen-bond acceptors (Lipinski definition) is 12. The number of anilines is 2. The van der Waals surface area contributed by atoms with Gasteiger partial charge in [0.2, 0.25) is 5.88 Å². The molecule has 0 bridgehead atoms. The second-order valence-electron chi connectivity index (χ2n) is 21.3. The zero-order valence-corrected chi connectivity index (χ0v) is 47.4. The minimum atomic E-state index is -3.06. The molecule has 2 fully saturated rings. The van der Waals surface area contributed by atoms with E-state index in [2.05, 4.69) is 77.4 Å². The summed E-state index contributed by atoms with van der Waals surface area (Å²) in [4.78, 5) is 25.4. The van der Waals surface area contributed by atoms with Gasteiger partial charge in [0.05, 0.1) is 32.3 Å². The third kappa shape index (κ3) is 11.0. The average molecular weight is 1180 g/mol. The Labute approximate surface area is 462 Å². The zero-order valence-electron chi connectivity index (χ0n) is 44.2. The number of rotatable bonds is 19. The first-order valence-corrected chi connectivity index (χ1v) is 29.1. The maximum Gasteiger partial charge on any atom is 0.319 e. The van der Waals surface area contributed by atoms with E-state index in [1.54, 1.807) is 14.2 Å². The number of ether oxygens (including phenoxy) is 4. The molecule has 0 saturated carbocycles. The van der Waals surface area contributed by atoms with Crippen molar-refractivity contribution in [1.29, 1.82) is 0 Å². The highest BCUT2D eigenvalue weighted by molar-refractivity contribution is 14.1. The predicted molar refractivity (Wildman–Crippen MR) is 303 cm³/mol. The van der Waals surface area contributed by atoms with E-state index in [4.69, 9.17) is 43.3 Å². The molecule has 0 aliphatic carbocycles. The van der Waals surface area contributed by atoms with Gasteiger partial charge in [-0.2, -0.15) is 9.97 Å². The van der Waals surface area contributed by atoms with E-state index in [9.17, 15) is 0 Å². The molecular formula is C59H64F4IN7O5Si. The zero-order chi connectivity index (χ0) is 54.1. The van der Waals surface area contributed by atoms with Gasteiger partial charge < -0.3 is 33.2 Å². The first-order chi connectivity index (χ1) is 37.1. The first kappa shape index (κ1) is 54.3. The highest BCUT2D eigenvalue weighted by Gasteiger charge is 2.51. The molecule has 4 aromatic carbocycles. The van der Waals surface area contributed by atoms with Gasteiger partial charge in [-0.15, -0.1) is 0 Å². The molecule has 3 aromatic heterocycles. The molecule has 6 heterocycles. The van der Waals surface area contributed by atoms with Gasteiger partial charge in [0, 0.05) is 36.2 Å². The number of halogens is 5. The van der Waals surface area contributed by atoms with Crippen LogP contribution in [0.2, 0.25) is 5.04 Å². The van der Waals surface area contributed by atoms with E-state index < -0.39 is 44.9 Å². The van der Waals surface area contributed by atoms with Crippen molar-refractivity contribution in [1.82, 2.24) is 24.8 Å². The van der Waals surface area contributed by atoms with Crippen molar-refractivity contribution in [3.05, 3.63) is 141 Å². The van der Waals surface area contributed by atoms with Crippen molar-refractivity contribution in [3.63, 3.8) is 0 Å². The normalized spacial score (nSPS) is 18.6. The maximum absolute atomic E-state index is 18.1. The van der Waals surface area contributed by atoms with E-state index in [-0.39, 0.29) is 77.7 Å². The second-order valence-corrected chi connectivity index (χ2v) is 26.7. The fraction of sp³-hybridized carbons (Fsp3) is 0.390. The largest absolute Gasteiger partial charge is 0.497 e. The highest BCUT2D eigenvalue weighted by atomic mass is 127. The molecule has 10 rings (SSSR count). The lowest BCUT2D eigenvalue weighted by molar-refractivity contribution is 0.107. The Morgan fingerprint density at radius 2 is 1.47 bits per heavy atom. The van der Waals surface area contributed by atoms with Crippen molar-refractivity contribution >= 4 is 63.8 Å². The standard InChI is InChI=1S/C59H64F4IN7O5Si/c1-38-30-48(69(32-39-18-22-43(72-5)23-19-39)33-40-20-24-44(73-6)25-21-40)65-54(51(38)64)53-50(63)52-49-55(68-57(67-52)75-37-59-27-13-28-70(59)34-41(60)31-59)71(35-47(61)62)42(36-74-56(49)66-53)26-29-76-77(58(2,3)4,45-14-9-7-10-15-45)46-16-11-8-12-17-46/h7-12,14-25,30,41-42,47H,13,26-29,31-37H2,1-6H3/t41-,42+,59+/m1/s1. The fourth-order valence-electron chi connectivity index (χ4n) is 11.5. The van der Waals surface area contributed by atoms with Crippen molar-refractivity contribution < 1.29 is 40.9 Å². The third-order valence-electron chi connectivity index (χ3n) is 15.3. The summed E-state index contributed by atoms with van der Waals surface area (Å²) in [5, 5.41) is 1.83. The maximum atomic E-state index is 18.1. The van der Waals surface area contributed by atoms with E-state index >= 15 is 17.6 Å². The van der Waals surface area contributed by atoms with Crippen LogP contribution >= 0.6 is 22.6 Å². The Kier molecular flexibility index (Phi) is 16.0. The molecule has 2 saturated heterocycles. The van der Waals surface area contributed by atoms with Crippen LogP contribution in [-0.2, 0) is 17.5 Å². The summed E-state index contributed by atoms with van der Waals surface area (Å²) in [7, 11) is 0.190. The van der Waals surface area contributed by atoms with Crippen molar-refractivity contribution in [3.8, 4) is 34.8 Å². The molecule has 0 unspecified atom stereocenters. The SMILES string of the molecule is COc1ccc(CN(Cc2ccc(OC)cc2)c2cc(C)c(I)c(-c3nc4c5c(nc(OC[C@@]67CCCN6C[C@H](F)C7)nc5c3F)N(CC(F)F)[C@@H](CCO[Si](c3ccccc3)(c3ccccc3)C(C)(C)C)CO4)n2)cc1. The molecular weight excluding hydrogens is 1120 g/mol. The molecule has 0 amide bonds. The Morgan fingerprint density at radius 1 is 0.844 bits per heavy atom. The molecule has 7 aromatic rings. The van der Waals surface area contributed by atoms with E-state index in [0.29, 0.717) is 35.4 Å². The number of methoxy groups -OCH3 is 2. The third-order valence-corrected chi connectivity index (χ3v) is 21.7. The van der Waals surface area contributed by atoms with Gasteiger partial charge in [-0.25, -0.2) is 27.5 Å². The van der Waals surface area contributed by atoms with Gasteiger partial charge in [0.25, 0.3) is 14.7 Å². The Hall–Kier alpha value is -6.09. The van der Waals surface area contributed by atoms with Crippen LogP contribution in [0.1, 0.15) is 63.1 Å². The number of nitrogens with zero attached hydrogens (tertiary/aromatic N) is 7. The lowest BCUT2D eigenvalue weighted by Crippen LogP contribution is -2.66. The van der Waals surface area contributed by atoms with Crippen LogP contribution in [-0.4, -0.2) is 111 Å². The molecule has 3 aliphatic heterocycles. The molecule has 77 heavy (non-hydrogen) atoms. The van der Waals surface area contributed by atoms with Gasteiger partial charge in [-0.3, -0.25) is 4.90 Å². The fourth-order valence-corrected chi connectivity index (χ4v) is 16.6. The summed E-state index contributed by atoms with van der Waals surface area (Å²) < 4.78 is 95.5. The molecule has 0 radical (unpaired) electrons. The highest BCUT2D eigenvalue weighted by Crippen LogP contribution is 2.45. The Morgan fingerprint density at radius 3 is 2.05 bits per heavy atom. The Balaban J connectivity index is 1.07. The molecule has 3 aliphatic rings. The van der Waals surface area contributed by atoms with Crippen LogP contribution in [0.5, 0.6) is 23.4 Å². The van der Waals surface area contributed by atoms with Crippen LogP contribution in [0.15, 0.2) is 115 Å². The van der Waals surface area contributed by atoms with Gasteiger partial charge in [0.1, 0.15) is 64.8 Å². The van der Waals surface area contributed by atoms with Gasteiger partial charge >= 0.3 is 6.01 Å². The first-order valence-electron chi connectivity index (χ1n) is 26.1. The van der Waals surface area contributed by atoms with Crippen molar-refractivity contribution in [2.45, 2.75) is 95.7 Å². The van der Waals surface area contributed by atoms with Crippen molar-refractivity contribution in [2.75, 3.05) is 63.5 Å². The van der Waals surface area contributed by atoms with Crippen molar-refractivity contribution in [2.24, 2.45) is 0 Å². The molecule has 12 nitrogen and oxygen atoms in total. The number of hydrogen-bond donors (Lipinski definition) is 0. The minimum absolute atomic E-state index is 0.000452. The van der Waals surface area contributed by atoms with Gasteiger partial charge in [-0.1, -0.05) is 106 Å². The summed E-state index contributed by atoms with van der Waals surface area (Å²) in [6.07, 6.45) is -1.79. The van der Waals surface area contributed by atoms with Crippen LogP contribution < -0.4 is 39.1 Å². The monoisotopic (exact) mass is 1180 g/mol. The number of pyridine rings is 2. The van der Waals surface area contributed by atoms with Gasteiger partial charge in [-0.05, 0) is 118 Å². The molecule has 404 valence electrons. The number of aryl methyl sites for hydroxylation is 1. The lowest BCUT2D eigenvalue weighted by Gasteiger charge is -2.43. The van der Waals surface area contributed by atoms with Crippen LogP contribution in [0.3, 0.4) is 0 Å². The Bertz CT molecular complexity index is 3090. The van der Waals surface area contributed by atoms with Crippen LogP contribution in [0.25, 0.3) is 22.3 Å². The summed E-state index contributed by atoms with van der Waals surface area (Å²) in [6, 6.07) is 37.0.